The number of nitrogens with zero attached hydrogens (tertiary/aromatic N) is 1. The van der Waals surface area contributed by atoms with E-state index < -0.39 is 10.9 Å². The van der Waals surface area contributed by atoms with E-state index in [1.165, 1.54) is 26.4 Å². The number of nitro groups is 1. The predicted octanol–water partition coefficient (Wildman–Crippen LogP) is 2.72. The van der Waals surface area contributed by atoms with Crippen molar-refractivity contribution in [3.63, 3.8) is 0 Å². The van der Waals surface area contributed by atoms with Gasteiger partial charge in [-0.05, 0) is 13.0 Å². The first kappa shape index (κ1) is 15.9. The molecule has 6 heteroatoms. The van der Waals surface area contributed by atoms with Gasteiger partial charge in [0, 0.05) is 5.56 Å². The quantitative estimate of drug-likeness (QED) is 0.471. The SMILES string of the molecule is CC.COC(=O)c1ccc(C)c([N+](=O)[O-])c1OC. The fraction of sp³-hybridized carbons (Fsp3) is 0.417. The number of hydrogen-bond acceptors (Lipinski definition) is 5. The van der Waals surface area contributed by atoms with E-state index in [-0.39, 0.29) is 17.0 Å². The van der Waals surface area contributed by atoms with Crippen LogP contribution in [0.3, 0.4) is 0 Å². The van der Waals surface area contributed by atoms with Crippen LogP contribution in [-0.2, 0) is 4.74 Å². The van der Waals surface area contributed by atoms with Gasteiger partial charge in [0.05, 0.1) is 19.1 Å². The predicted molar refractivity (Wildman–Crippen MR) is 67.1 cm³/mol. The molecule has 0 heterocycles. The molecule has 0 bridgehead atoms. The molecule has 0 aromatic heterocycles. The molecular weight excluding hydrogens is 238 g/mol. The fourth-order valence-corrected chi connectivity index (χ4v) is 1.37. The Labute approximate surface area is 106 Å². The third kappa shape index (κ3) is 3.19. The number of carbonyl (C=O) groups is 1. The monoisotopic (exact) mass is 255 g/mol. The fourth-order valence-electron chi connectivity index (χ4n) is 1.37. The van der Waals surface area contributed by atoms with Crippen molar-refractivity contribution in [3.05, 3.63) is 33.4 Å². The molecule has 0 fully saturated rings. The van der Waals surface area contributed by atoms with Crippen LogP contribution in [0.25, 0.3) is 0 Å². The Kier molecular flexibility index (Phi) is 6.41. The lowest BCUT2D eigenvalue weighted by atomic mass is 10.1. The molecule has 0 amide bonds. The standard InChI is InChI=1S/C10H11NO5.C2H6/c1-6-4-5-7(10(12)16-3)9(15-2)8(6)11(13)14;1-2/h4-5H,1-3H3;1-2H3. The average Bonchev–Trinajstić information content (AvgIpc) is 2.39. The van der Waals surface area contributed by atoms with Crippen LogP contribution in [0.1, 0.15) is 29.8 Å². The lowest BCUT2D eigenvalue weighted by molar-refractivity contribution is -0.386. The van der Waals surface area contributed by atoms with E-state index in [1.807, 2.05) is 13.8 Å². The van der Waals surface area contributed by atoms with Gasteiger partial charge in [-0.25, -0.2) is 4.79 Å². The molecule has 0 N–H and O–H groups in total. The number of hydrogen-bond donors (Lipinski definition) is 0. The topological polar surface area (TPSA) is 78.7 Å². The first-order chi connectivity index (χ1) is 8.52. The highest BCUT2D eigenvalue weighted by molar-refractivity contribution is 5.94. The summed E-state index contributed by atoms with van der Waals surface area (Å²) >= 11 is 0. The summed E-state index contributed by atoms with van der Waals surface area (Å²) in [6.07, 6.45) is 0. The molecule has 1 aromatic rings. The molecule has 0 atom stereocenters. The Bertz CT molecular complexity index is 442. The molecule has 100 valence electrons. The second kappa shape index (κ2) is 7.26. The van der Waals surface area contributed by atoms with Crippen LogP contribution in [0, 0.1) is 17.0 Å². The Morgan fingerprint density at radius 2 is 1.83 bits per heavy atom. The average molecular weight is 255 g/mol. The van der Waals surface area contributed by atoms with Gasteiger partial charge in [0.25, 0.3) is 0 Å². The number of ether oxygens (including phenoxy) is 2. The summed E-state index contributed by atoms with van der Waals surface area (Å²) in [5, 5.41) is 10.8. The molecule has 0 saturated carbocycles. The first-order valence-electron chi connectivity index (χ1n) is 5.43. The molecule has 1 rings (SSSR count). The van der Waals surface area contributed by atoms with Crippen molar-refractivity contribution >= 4 is 11.7 Å². The van der Waals surface area contributed by atoms with Crippen LogP contribution >= 0.6 is 0 Å². The lowest BCUT2D eigenvalue weighted by Gasteiger charge is -2.08. The van der Waals surface area contributed by atoms with Crippen LogP contribution < -0.4 is 4.74 Å². The maximum absolute atomic E-state index is 11.4. The third-order valence-corrected chi connectivity index (χ3v) is 2.13. The summed E-state index contributed by atoms with van der Waals surface area (Å²) in [6.45, 7) is 5.57. The summed E-state index contributed by atoms with van der Waals surface area (Å²) in [6, 6.07) is 2.92. The maximum atomic E-state index is 11.4. The minimum atomic E-state index is -0.667. The minimum absolute atomic E-state index is 0.0438. The molecule has 1 aromatic carbocycles. The summed E-state index contributed by atoms with van der Waals surface area (Å²) in [5.41, 5.74) is 0.252. The summed E-state index contributed by atoms with van der Waals surface area (Å²) < 4.78 is 9.41. The Morgan fingerprint density at radius 1 is 1.28 bits per heavy atom. The molecule has 0 radical (unpaired) electrons. The molecule has 0 aliphatic heterocycles. The lowest BCUT2D eigenvalue weighted by Crippen LogP contribution is -2.07. The van der Waals surface area contributed by atoms with Gasteiger partial charge in [0.2, 0.25) is 5.75 Å². The van der Waals surface area contributed by atoms with Crippen LogP contribution in [-0.4, -0.2) is 25.1 Å². The van der Waals surface area contributed by atoms with Gasteiger partial charge in [0.15, 0.2) is 0 Å². The summed E-state index contributed by atoms with van der Waals surface area (Å²) in [4.78, 5) is 21.6. The number of nitro benzene ring substituents is 1. The number of methoxy groups -OCH3 is 2. The zero-order valence-corrected chi connectivity index (χ0v) is 11.1. The van der Waals surface area contributed by atoms with Crippen LogP contribution in [0.15, 0.2) is 12.1 Å². The van der Waals surface area contributed by atoms with E-state index in [0.717, 1.165) is 0 Å². The minimum Gasteiger partial charge on any atom is -0.490 e. The molecule has 0 unspecified atom stereocenters. The van der Waals surface area contributed by atoms with Crippen molar-refractivity contribution in [2.75, 3.05) is 14.2 Å². The van der Waals surface area contributed by atoms with Gasteiger partial charge < -0.3 is 9.47 Å². The molecule has 6 nitrogen and oxygen atoms in total. The van der Waals surface area contributed by atoms with E-state index in [0.29, 0.717) is 5.56 Å². The van der Waals surface area contributed by atoms with E-state index in [1.54, 1.807) is 6.92 Å². The van der Waals surface area contributed by atoms with Gasteiger partial charge in [-0.2, -0.15) is 0 Å². The van der Waals surface area contributed by atoms with Crippen LogP contribution in [0.5, 0.6) is 5.75 Å². The zero-order valence-electron chi connectivity index (χ0n) is 11.1. The normalized spacial score (nSPS) is 8.94. The van der Waals surface area contributed by atoms with Crippen molar-refractivity contribution in [1.29, 1.82) is 0 Å². The Hall–Kier alpha value is -2.11. The Balaban J connectivity index is 0.00000137. The zero-order chi connectivity index (χ0) is 14.3. The smallest absolute Gasteiger partial charge is 0.341 e. The molecule has 18 heavy (non-hydrogen) atoms. The van der Waals surface area contributed by atoms with Crippen molar-refractivity contribution < 1.29 is 19.2 Å². The van der Waals surface area contributed by atoms with E-state index in [4.69, 9.17) is 4.74 Å². The maximum Gasteiger partial charge on any atom is 0.341 e. The Morgan fingerprint density at radius 3 is 2.22 bits per heavy atom. The van der Waals surface area contributed by atoms with Crippen molar-refractivity contribution in [2.24, 2.45) is 0 Å². The number of aryl methyl sites for hydroxylation is 1. The van der Waals surface area contributed by atoms with Crippen molar-refractivity contribution in [1.82, 2.24) is 0 Å². The van der Waals surface area contributed by atoms with Gasteiger partial charge in [-0.15, -0.1) is 0 Å². The van der Waals surface area contributed by atoms with Gasteiger partial charge >= 0.3 is 11.7 Å². The van der Waals surface area contributed by atoms with Crippen LogP contribution in [0.4, 0.5) is 5.69 Å². The van der Waals surface area contributed by atoms with E-state index >= 15 is 0 Å². The summed E-state index contributed by atoms with van der Waals surface area (Å²) in [7, 11) is 2.47. The second-order valence-corrected chi connectivity index (χ2v) is 3.06. The van der Waals surface area contributed by atoms with Crippen LogP contribution in [0.2, 0.25) is 0 Å². The highest BCUT2D eigenvalue weighted by Crippen LogP contribution is 2.34. The first-order valence-corrected chi connectivity index (χ1v) is 5.43. The third-order valence-electron chi connectivity index (χ3n) is 2.13. The number of esters is 1. The number of carbonyl (C=O) groups excluding carboxylic acids is 1. The molecule has 0 saturated heterocycles. The second-order valence-electron chi connectivity index (χ2n) is 3.06. The largest absolute Gasteiger partial charge is 0.490 e. The highest BCUT2D eigenvalue weighted by Gasteiger charge is 2.25. The van der Waals surface area contributed by atoms with Crippen molar-refractivity contribution in [2.45, 2.75) is 20.8 Å². The van der Waals surface area contributed by atoms with Gasteiger partial charge in [-0.3, -0.25) is 10.1 Å². The molecule has 0 spiro atoms. The number of benzene rings is 1. The van der Waals surface area contributed by atoms with E-state index in [9.17, 15) is 14.9 Å². The molecular formula is C12H17NO5. The van der Waals surface area contributed by atoms with E-state index in [2.05, 4.69) is 4.74 Å². The summed E-state index contributed by atoms with van der Waals surface area (Å²) in [5.74, 6) is -0.739. The van der Waals surface area contributed by atoms with Gasteiger partial charge in [0.1, 0.15) is 5.56 Å². The number of rotatable bonds is 3. The molecule has 0 aliphatic carbocycles. The van der Waals surface area contributed by atoms with Crippen molar-refractivity contribution in [3.8, 4) is 5.75 Å². The molecule has 0 aliphatic rings. The van der Waals surface area contributed by atoms with Gasteiger partial charge in [-0.1, -0.05) is 19.9 Å². The highest BCUT2D eigenvalue weighted by atomic mass is 16.6.